The molecule has 0 aromatic carbocycles. The number of rotatable bonds is 5. The average molecular weight is 339 g/mol. The van der Waals surface area contributed by atoms with Crippen LogP contribution in [0.2, 0.25) is 0 Å². The van der Waals surface area contributed by atoms with Crippen molar-refractivity contribution in [3.63, 3.8) is 0 Å². The van der Waals surface area contributed by atoms with Gasteiger partial charge in [-0.2, -0.15) is 0 Å². The molecule has 0 bridgehead atoms. The molecular weight excluding hydrogens is 318 g/mol. The number of aromatic nitrogens is 2. The number of aryl methyl sites for hydroxylation is 1. The van der Waals surface area contributed by atoms with E-state index in [1.165, 1.54) is 18.6 Å². The molecule has 2 saturated heterocycles. The number of nitrogens with zero attached hydrogens (tertiary/aromatic N) is 3. The summed E-state index contributed by atoms with van der Waals surface area (Å²) in [7, 11) is 1.50. The number of ether oxygens (including phenoxy) is 1. The fourth-order valence-corrected chi connectivity index (χ4v) is 3.97. The van der Waals surface area contributed by atoms with Crippen LogP contribution in [0.15, 0.2) is 0 Å². The van der Waals surface area contributed by atoms with Crippen LogP contribution in [0.5, 0.6) is 0 Å². The molecule has 1 aromatic heterocycles. The molecule has 0 aliphatic carbocycles. The van der Waals surface area contributed by atoms with Gasteiger partial charge in [-0.25, -0.2) is 0 Å². The Labute approximate surface area is 138 Å². The van der Waals surface area contributed by atoms with Crippen molar-refractivity contribution >= 4 is 23.3 Å². The molecule has 2 aliphatic heterocycles. The van der Waals surface area contributed by atoms with E-state index in [0.717, 1.165) is 17.1 Å². The number of likely N-dealkylation sites (tertiary alicyclic amines) is 1. The van der Waals surface area contributed by atoms with Gasteiger partial charge >= 0.3 is 0 Å². The minimum atomic E-state index is -0.546. The summed E-state index contributed by atoms with van der Waals surface area (Å²) < 4.78 is 8.80. The SMILES string of the molecule is COCC(=O)N1C[C@H]2CNC[C@@]2(C(=O)NCc2snnc2C)C1. The Bertz CT molecular complexity index is 607. The number of hydrogen-bond donors (Lipinski definition) is 2. The molecule has 0 spiro atoms. The van der Waals surface area contributed by atoms with Crippen LogP contribution in [0.3, 0.4) is 0 Å². The maximum absolute atomic E-state index is 12.8. The number of hydrogen-bond acceptors (Lipinski definition) is 7. The second-order valence-electron chi connectivity index (χ2n) is 6.16. The summed E-state index contributed by atoms with van der Waals surface area (Å²) in [5.41, 5.74) is 0.298. The lowest BCUT2D eigenvalue weighted by Gasteiger charge is -2.26. The molecule has 126 valence electrons. The third-order valence-electron chi connectivity index (χ3n) is 4.75. The van der Waals surface area contributed by atoms with Gasteiger partial charge in [0.05, 0.1) is 22.5 Å². The van der Waals surface area contributed by atoms with Crippen molar-refractivity contribution in [2.45, 2.75) is 13.5 Å². The van der Waals surface area contributed by atoms with E-state index in [0.29, 0.717) is 26.2 Å². The summed E-state index contributed by atoms with van der Waals surface area (Å²) in [5.74, 6) is 0.0774. The summed E-state index contributed by atoms with van der Waals surface area (Å²) in [6, 6.07) is 0. The van der Waals surface area contributed by atoms with Crippen molar-refractivity contribution in [1.82, 2.24) is 25.1 Å². The lowest BCUT2D eigenvalue weighted by Crippen LogP contribution is -2.47. The van der Waals surface area contributed by atoms with Gasteiger partial charge in [-0.3, -0.25) is 9.59 Å². The summed E-state index contributed by atoms with van der Waals surface area (Å²) in [6.07, 6.45) is 0. The summed E-state index contributed by atoms with van der Waals surface area (Å²) in [4.78, 5) is 27.6. The molecule has 8 nitrogen and oxygen atoms in total. The predicted octanol–water partition coefficient (Wildman–Crippen LogP) is -0.843. The van der Waals surface area contributed by atoms with E-state index in [2.05, 4.69) is 20.2 Å². The number of nitrogens with one attached hydrogen (secondary N) is 2. The molecule has 0 unspecified atom stereocenters. The van der Waals surface area contributed by atoms with E-state index in [1.807, 2.05) is 6.92 Å². The highest BCUT2D eigenvalue weighted by Gasteiger charge is 2.55. The van der Waals surface area contributed by atoms with Crippen molar-refractivity contribution in [2.24, 2.45) is 11.3 Å². The zero-order chi connectivity index (χ0) is 16.4. The monoisotopic (exact) mass is 339 g/mol. The first-order valence-corrected chi connectivity index (χ1v) is 8.37. The molecule has 23 heavy (non-hydrogen) atoms. The second kappa shape index (κ2) is 6.50. The Kier molecular flexibility index (Phi) is 4.60. The fraction of sp³-hybridized carbons (Fsp3) is 0.714. The van der Waals surface area contributed by atoms with E-state index >= 15 is 0 Å². The minimum Gasteiger partial charge on any atom is -0.375 e. The summed E-state index contributed by atoms with van der Waals surface area (Å²) in [6.45, 7) is 4.77. The maximum atomic E-state index is 12.8. The molecule has 0 saturated carbocycles. The van der Waals surface area contributed by atoms with Gasteiger partial charge in [0.2, 0.25) is 11.8 Å². The van der Waals surface area contributed by atoms with Gasteiger partial charge in [0.25, 0.3) is 0 Å². The van der Waals surface area contributed by atoms with Crippen molar-refractivity contribution < 1.29 is 14.3 Å². The van der Waals surface area contributed by atoms with E-state index in [4.69, 9.17) is 4.74 Å². The maximum Gasteiger partial charge on any atom is 0.248 e. The van der Waals surface area contributed by atoms with E-state index < -0.39 is 5.41 Å². The topological polar surface area (TPSA) is 96.5 Å². The molecule has 2 N–H and O–H groups in total. The van der Waals surface area contributed by atoms with Crippen LogP contribution in [0.25, 0.3) is 0 Å². The highest BCUT2D eigenvalue weighted by Crippen LogP contribution is 2.39. The highest BCUT2D eigenvalue weighted by atomic mass is 32.1. The van der Waals surface area contributed by atoms with Gasteiger partial charge in [-0.05, 0) is 18.5 Å². The van der Waals surface area contributed by atoms with Crippen molar-refractivity contribution in [1.29, 1.82) is 0 Å². The number of methoxy groups -OCH3 is 1. The molecule has 2 atom stereocenters. The minimum absolute atomic E-state index is 0.00647. The standard InChI is InChI=1S/C14H21N5O3S/c1-9-11(23-18-17-9)4-16-13(21)14-7-15-3-10(14)5-19(8-14)12(20)6-22-2/h10,15H,3-8H2,1-2H3,(H,16,21)/t10-,14-/m1/s1. The quantitative estimate of drug-likeness (QED) is 0.726. The first-order chi connectivity index (χ1) is 11.1. The largest absolute Gasteiger partial charge is 0.375 e. The predicted molar refractivity (Wildman–Crippen MR) is 83.7 cm³/mol. The lowest BCUT2D eigenvalue weighted by atomic mass is 9.80. The molecule has 3 heterocycles. The number of carbonyl (C=O) groups is 2. The average Bonchev–Trinajstić information content (AvgIpc) is 3.18. The Balaban J connectivity index is 1.67. The van der Waals surface area contributed by atoms with Crippen molar-refractivity contribution in [2.75, 3.05) is 39.9 Å². The molecule has 0 radical (unpaired) electrons. The van der Waals surface area contributed by atoms with E-state index in [-0.39, 0.29) is 24.3 Å². The van der Waals surface area contributed by atoms with Gasteiger partial charge in [-0.1, -0.05) is 4.49 Å². The summed E-state index contributed by atoms with van der Waals surface area (Å²) >= 11 is 1.30. The van der Waals surface area contributed by atoms with Gasteiger partial charge < -0.3 is 20.3 Å². The molecule has 9 heteroatoms. The smallest absolute Gasteiger partial charge is 0.248 e. The lowest BCUT2D eigenvalue weighted by molar-refractivity contribution is -0.135. The van der Waals surface area contributed by atoms with Gasteiger partial charge in [0.15, 0.2) is 0 Å². The zero-order valence-corrected chi connectivity index (χ0v) is 14.1. The zero-order valence-electron chi connectivity index (χ0n) is 13.3. The third-order valence-corrected chi connectivity index (χ3v) is 5.58. The van der Waals surface area contributed by atoms with Crippen molar-refractivity contribution in [3.05, 3.63) is 10.6 Å². The van der Waals surface area contributed by atoms with Crippen LogP contribution in [-0.2, 0) is 20.9 Å². The number of carbonyl (C=O) groups excluding carboxylic acids is 2. The number of fused-ring (bicyclic) bond motifs is 1. The van der Waals surface area contributed by atoms with Crippen LogP contribution in [0.1, 0.15) is 10.6 Å². The molecule has 2 fully saturated rings. The Morgan fingerprint density at radius 2 is 2.39 bits per heavy atom. The molecule has 3 rings (SSSR count). The Hall–Kier alpha value is -1.58. The first kappa shape index (κ1) is 16.3. The molecule has 2 amide bonds. The van der Waals surface area contributed by atoms with E-state index in [1.54, 1.807) is 4.90 Å². The summed E-state index contributed by atoms with van der Waals surface area (Å²) in [5, 5.41) is 10.2. The first-order valence-electron chi connectivity index (χ1n) is 7.60. The third kappa shape index (κ3) is 2.96. The Morgan fingerprint density at radius 1 is 1.57 bits per heavy atom. The molecule has 1 aromatic rings. The van der Waals surface area contributed by atoms with Crippen LogP contribution >= 0.6 is 11.5 Å². The van der Waals surface area contributed by atoms with Gasteiger partial charge in [0, 0.05) is 39.2 Å². The molecule has 2 aliphatic rings. The van der Waals surface area contributed by atoms with Crippen LogP contribution in [-0.4, -0.2) is 66.2 Å². The second-order valence-corrected chi connectivity index (χ2v) is 6.99. The van der Waals surface area contributed by atoms with Gasteiger partial charge in [-0.15, -0.1) is 5.10 Å². The van der Waals surface area contributed by atoms with Crippen LogP contribution < -0.4 is 10.6 Å². The van der Waals surface area contributed by atoms with Crippen molar-refractivity contribution in [3.8, 4) is 0 Å². The van der Waals surface area contributed by atoms with Crippen LogP contribution in [0, 0.1) is 18.3 Å². The highest BCUT2D eigenvalue weighted by molar-refractivity contribution is 7.05. The van der Waals surface area contributed by atoms with Crippen LogP contribution in [0.4, 0.5) is 0 Å². The fourth-order valence-electron chi connectivity index (χ4n) is 3.40. The molecular formula is C14H21N5O3S. The normalized spacial score (nSPS) is 26.3. The van der Waals surface area contributed by atoms with Gasteiger partial charge in [0.1, 0.15) is 6.61 Å². The number of amides is 2. The Morgan fingerprint density at radius 3 is 3.09 bits per heavy atom. The van der Waals surface area contributed by atoms with E-state index in [9.17, 15) is 9.59 Å².